The van der Waals surface area contributed by atoms with E-state index in [9.17, 15) is 9.18 Å². The maximum Gasteiger partial charge on any atom is 0.294 e. The molecular weight excluding hydrogens is 535 g/mol. The number of hydrogen-bond donors (Lipinski definition) is 0. The first-order chi connectivity index (χ1) is 19.4. The first-order valence-corrected chi connectivity index (χ1v) is 13.0. The first-order valence-electron chi connectivity index (χ1n) is 12.2. The lowest BCUT2D eigenvalue weighted by atomic mass is 10.1. The molecular formula is C29H23FN4O5S. The van der Waals surface area contributed by atoms with Gasteiger partial charge < -0.3 is 23.5 Å². The Hall–Kier alpha value is -4.90. The van der Waals surface area contributed by atoms with Gasteiger partial charge in [0.15, 0.2) is 5.76 Å². The molecule has 3 heterocycles. The highest BCUT2D eigenvalue weighted by Crippen LogP contribution is 2.37. The number of ether oxygens (including phenoxy) is 3. The van der Waals surface area contributed by atoms with Crippen molar-refractivity contribution in [2.24, 2.45) is 0 Å². The van der Waals surface area contributed by atoms with Crippen LogP contribution in [0.4, 0.5) is 10.1 Å². The Kier molecular flexibility index (Phi) is 6.56. The maximum atomic E-state index is 14.2. The van der Waals surface area contributed by atoms with Gasteiger partial charge in [0.1, 0.15) is 35.2 Å². The summed E-state index contributed by atoms with van der Waals surface area (Å²) >= 11 is 1.33. The number of halogens is 1. The van der Waals surface area contributed by atoms with E-state index in [0.29, 0.717) is 44.4 Å². The molecule has 0 fully saturated rings. The Morgan fingerprint density at radius 1 is 1.07 bits per heavy atom. The van der Waals surface area contributed by atoms with E-state index >= 15 is 0 Å². The van der Waals surface area contributed by atoms with E-state index in [1.807, 2.05) is 24.3 Å². The van der Waals surface area contributed by atoms with E-state index in [4.69, 9.17) is 18.6 Å². The molecule has 0 atom stereocenters. The van der Waals surface area contributed by atoms with Crippen LogP contribution >= 0.6 is 11.3 Å². The molecule has 11 heteroatoms. The second-order valence-corrected chi connectivity index (χ2v) is 9.79. The summed E-state index contributed by atoms with van der Waals surface area (Å²) in [5.41, 5.74) is 2.64. The summed E-state index contributed by atoms with van der Waals surface area (Å²) in [5.74, 6) is 0.687. The van der Waals surface area contributed by atoms with Crippen molar-refractivity contribution in [3.8, 4) is 28.1 Å². The number of fused-ring (bicyclic) bond motifs is 2. The molecule has 6 rings (SSSR count). The Balaban J connectivity index is 1.26. The highest BCUT2D eigenvalue weighted by molar-refractivity contribution is 7.18. The van der Waals surface area contributed by atoms with Crippen LogP contribution in [-0.4, -0.2) is 41.8 Å². The van der Waals surface area contributed by atoms with Crippen molar-refractivity contribution in [2.75, 3.05) is 26.2 Å². The Labute approximate surface area is 231 Å². The molecule has 3 aromatic carbocycles. The number of rotatable bonds is 8. The SMILES string of the molecule is COc1cc(OCc2cccc(N(C)C(=O)c3ccccc3F)c2)c2cc(-c3cn4nc(OC)sc4n3)oc2c1. The molecule has 40 heavy (non-hydrogen) atoms. The van der Waals surface area contributed by atoms with Crippen LogP contribution in [0, 0.1) is 5.82 Å². The van der Waals surface area contributed by atoms with Gasteiger partial charge in [0, 0.05) is 24.9 Å². The number of carbonyl (C=O) groups excluding carboxylic acids is 1. The smallest absolute Gasteiger partial charge is 0.294 e. The lowest BCUT2D eigenvalue weighted by Gasteiger charge is -2.19. The van der Waals surface area contributed by atoms with Crippen LogP contribution < -0.4 is 19.1 Å². The van der Waals surface area contributed by atoms with Crippen LogP contribution in [-0.2, 0) is 6.61 Å². The van der Waals surface area contributed by atoms with Crippen molar-refractivity contribution in [2.45, 2.75) is 6.61 Å². The molecule has 0 aliphatic heterocycles. The summed E-state index contributed by atoms with van der Waals surface area (Å²) in [6.45, 7) is 0.211. The van der Waals surface area contributed by atoms with E-state index in [1.165, 1.54) is 28.4 Å². The number of benzene rings is 3. The fraction of sp³-hybridized carbons (Fsp3) is 0.138. The molecule has 0 N–H and O–H groups in total. The molecule has 9 nitrogen and oxygen atoms in total. The standard InChI is InChI=1S/C29H23FN4O5S/c1-33(27(35)20-9-4-5-10-22(20)30)18-8-6-7-17(11-18)16-38-24-12-19(36-2)13-25-21(24)14-26(39-25)23-15-34-28(31-23)40-29(32-34)37-3/h4-15H,16H2,1-3H3. The Morgan fingerprint density at radius 2 is 1.93 bits per heavy atom. The molecule has 0 spiro atoms. The normalized spacial score (nSPS) is 11.2. The van der Waals surface area contributed by atoms with Gasteiger partial charge in [-0.05, 0) is 47.2 Å². The molecule has 0 radical (unpaired) electrons. The van der Waals surface area contributed by atoms with Crippen LogP contribution in [0.1, 0.15) is 15.9 Å². The topological polar surface area (TPSA) is 91.3 Å². The number of carbonyl (C=O) groups is 1. The minimum atomic E-state index is -0.563. The van der Waals surface area contributed by atoms with Gasteiger partial charge in [-0.1, -0.05) is 24.3 Å². The first kappa shape index (κ1) is 25.4. The fourth-order valence-corrected chi connectivity index (χ4v) is 4.98. The van der Waals surface area contributed by atoms with E-state index in [1.54, 1.807) is 62.3 Å². The molecule has 0 saturated heterocycles. The summed E-state index contributed by atoms with van der Waals surface area (Å²) in [6.07, 6.45) is 1.77. The molecule has 6 aromatic rings. The summed E-state index contributed by atoms with van der Waals surface area (Å²) in [4.78, 5) is 19.6. The third kappa shape index (κ3) is 4.71. The minimum Gasteiger partial charge on any atom is -0.496 e. The van der Waals surface area contributed by atoms with Gasteiger partial charge in [0.2, 0.25) is 4.96 Å². The average molecular weight is 559 g/mol. The zero-order valence-electron chi connectivity index (χ0n) is 21.8. The highest BCUT2D eigenvalue weighted by atomic mass is 32.1. The van der Waals surface area contributed by atoms with Crippen molar-refractivity contribution >= 4 is 38.9 Å². The maximum absolute atomic E-state index is 14.2. The van der Waals surface area contributed by atoms with E-state index in [-0.39, 0.29) is 12.2 Å². The van der Waals surface area contributed by atoms with Crippen LogP contribution in [0.15, 0.2) is 77.3 Å². The lowest BCUT2D eigenvalue weighted by Crippen LogP contribution is -2.27. The molecule has 0 saturated carbocycles. The van der Waals surface area contributed by atoms with Crippen LogP contribution in [0.3, 0.4) is 0 Å². The molecule has 0 unspecified atom stereocenters. The third-order valence-electron chi connectivity index (χ3n) is 6.36. The van der Waals surface area contributed by atoms with E-state index < -0.39 is 11.7 Å². The molecule has 0 aliphatic carbocycles. The molecule has 3 aromatic heterocycles. The van der Waals surface area contributed by atoms with Gasteiger partial charge >= 0.3 is 0 Å². The Bertz CT molecular complexity index is 1830. The quantitative estimate of drug-likeness (QED) is 0.219. The van der Waals surface area contributed by atoms with Gasteiger partial charge in [-0.3, -0.25) is 4.79 Å². The van der Waals surface area contributed by atoms with Crippen molar-refractivity contribution in [1.82, 2.24) is 14.6 Å². The summed E-state index contributed by atoms with van der Waals surface area (Å²) in [5, 5.41) is 5.58. The zero-order chi connectivity index (χ0) is 27.8. The van der Waals surface area contributed by atoms with Crippen LogP contribution in [0.2, 0.25) is 0 Å². The van der Waals surface area contributed by atoms with Gasteiger partial charge in [0.25, 0.3) is 11.1 Å². The van der Waals surface area contributed by atoms with Gasteiger partial charge in [0.05, 0.1) is 31.4 Å². The van der Waals surface area contributed by atoms with E-state index in [0.717, 1.165) is 10.9 Å². The predicted molar refractivity (Wildman–Crippen MR) is 149 cm³/mol. The number of methoxy groups -OCH3 is 2. The summed E-state index contributed by atoms with van der Waals surface area (Å²) in [7, 11) is 4.75. The predicted octanol–water partition coefficient (Wildman–Crippen LogP) is 6.22. The molecule has 0 aliphatic rings. The number of aromatic nitrogens is 3. The van der Waals surface area contributed by atoms with Gasteiger partial charge in [-0.2, -0.15) is 0 Å². The van der Waals surface area contributed by atoms with Crippen LogP contribution in [0.25, 0.3) is 27.4 Å². The molecule has 1 amide bonds. The van der Waals surface area contributed by atoms with Crippen LogP contribution in [0.5, 0.6) is 16.7 Å². The average Bonchev–Trinajstić information content (AvgIpc) is 3.68. The fourth-order valence-electron chi connectivity index (χ4n) is 4.28. The number of imidazole rings is 1. The summed E-state index contributed by atoms with van der Waals surface area (Å²) < 4.78 is 38.8. The van der Waals surface area contributed by atoms with Gasteiger partial charge in [-0.15, -0.1) is 5.10 Å². The third-order valence-corrected chi connectivity index (χ3v) is 7.25. The number of anilines is 1. The monoisotopic (exact) mass is 558 g/mol. The van der Waals surface area contributed by atoms with Crippen molar-refractivity contribution in [1.29, 1.82) is 0 Å². The second-order valence-electron chi connectivity index (χ2n) is 8.88. The number of amides is 1. The Morgan fingerprint density at radius 3 is 2.70 bits per heavy atom. The number of hydrogen-bond acceptors (Lipinski definition) is 8. The number of furan rings is 1. The summed E-state index contributed by atoms with van der Waals surface area (Å²) in [6, 6.07) is 18.7. The van der Waals surface area contributed by atoms with E-state index in [2.05, 4.69) is 10.1 Å². The highest BCUT2D eigenvalue weighted by Gasteiger charge is 2.19. The van der Waals surface area contributed by atoms with Crippen molar-refractivity contribution in [3.05, 3.63) is 89.9 Å². The van der Waals surface area contributed by atoms with Gasteiger partial charge in [-0.25, -0.2) is 13.9 Å². The van der Waals surface area contributed by atoms with Crippen molar-refractivity contribution in [3.63, 3.8) is 0 Å². The lowest BCUT2D eigenvalue weighted by molar-refractivity contribution is 0.0989. The number of nitrogens with zero attached hydrogens (tertiary/aromatic N) is 4. The largest absolute Gasteiger partial charge is 0.496 e. The molecule has 0 bridgehead atoms. The minimum absolute atomic E-state index is 0.00802. The zero-order valence-corrected chi connectivity index (χ0v) is 22.6. The van der Waals surface area contributed by atoms with Crippen molar-refractivity contribution < 1.29 is 27.8 Å². The second kappa shape index (κ2) is 10.3. The molecule has 202 valence electrons.